The summed E-state index contributed by atoms with van der Waals surface area (Å²) in [5.74, 6) is 1.18. The van der Waals surface area contributed by atoms with Crippen LogP contribution in [-0.2, 0) is 19.4 Å². The average molecular weight is 405 g/mol. The van der Waals surface area contributed by atoms with Crippen molar-refractivity contribution in [2.24, 2.45) is 0 Å². The molecule has 1 unspecified atom stereocenters. The molecular weight excluding hydrogens is 376 g/mol. The van der Waals surface area contributed by atoms with Crippen LogP contribution in [0.3, 0.4) is 0 Å². The van der Waals surface area contributed by atoms with E-state index >= 15 is 0 Å². The molecule has 3 aromatic rings. The molecule has 0 saturated carbocycles. The molecule has 3 heterocycles. The largest absolute Gasteiger partial charge is 0.455 e. The maximum absolute atomic E-state index is 12.8. The number of benzene rings is 1. The quantitative estimate of drug-likeness (QED) is 0.684. The van der Waals surface area contributed by atoms with E-state index in [1.54, 1.807) is 0 Å². The predicted octanol–water partition coefficient (Wildman–Crippen LogP) is 3.39. The number of amides is 1. The standard InChI is InChI=1S/C24H28N4O2/c1-15-6-3-4-7-17(15)13-28-14-18-9-10-20-21(22(18)27-28)16(2)23(30-20)24(29)26-12-19-8-5-11-25-19/h3-4,6-7,14,19,25H,5,8-13H2,1-2H3,(H,26,29). The minimum absolute atomic E-state index is 0.128. The van der Waals surface area contributed by atoms with Gasteiger partial charge in [0.1, 0.15) is 5.76 Å². The van der Waals surface area contributed by atoms with Gasteiger partial charge in [0.2, 0.25) is 0 Å². The van der Waals surface area contributed by atoms with Gasteiger partial charge in [0.25, 0.3) is 5.91 Å². The van der Waals surface area contributed by atoms with Gasteiger partial charge in [-0.05, 0) is 56.3 Å². The zero-order valence-electron chi connectivity index (χ0n) is 17.6. The molecular formula is C24H28N4O2. The summed E-state index contributed by atoms with van der Waals surface area (Å²) in [6, 6.07) is 8.76. The Bertz CT molecular complexity index is 1090. The Morgan fingerprint density at radius 1 is 1.30 bits per heavy atom. The van der Waals surface area contributed by atoms with Gasteiger partial charge >= 0.3 is 0 Å². The van der Waals surface area contributed by atoms with Gasteiger partial charge in [-0.2, -0.15) is 5.10 Å². The van der Waals surface area contributed by atoms with E-state index in [1.165, 1.54) is 23.1 Å². The summed E-state index contributed by atoms with van der Waals surface area (Å²) in [4.78, 5) is 12.8. The summed E-state index contributed by atoms with van der Waals surface area (Å²) in [6.07, 6.45) is 6.10. The molecule has 2 aromatic heterocycles. The smallest absolute Gasteiger partial charge is 0.287 e. The third-order valence-corrected chi connectivity index (χ3v) is 6.39. The van der Waals surface area contributed by atoms with Crippen LogP contribution in [0.5, 0.6) is 0 Å². The van der Waals surface area contributed by atoms with Crippen LogP contribution in [0, 0.1) is 13.8 Å². The molecule has 1 aromatic carbocycles. The van der Waals surface area contributed by atoms with E-state index in [9.17, 15) is 4.79 Å². The van der Waals surface area contributed by atoms with Crippen LogP contribution in [0.2, 0.25) is 0 Å². The summed E-state index contributed by atoms with van der Waals surface area (Å²) in [5, 5.41) is 11.3. The van der Waals surface area contributed by atoms with Crippen LogP contribution in [0.1, 0.15) is 51.4 Å². The highest BCUT2D eigenvalue weighted by molar-refractivity contribution is 5.95. The number of nitrogens with one attached hydrogen (secondary N) is 2. The molecule has 6 nitrogen and oxygen atoms in total. The number of fused-ring (bicyclic) bond motifs is 3. The lowest BCUT2D eigenvalue weighted by atomic mass is 9.93. The topological polar surface area (TPSA) is 72.1 Å². The number of hydrogen-bond acceptors (Lipinski definition) is 4. The zero-order valence-corrected chi connectivity index (χ0v) is 17.6. The van der Waals surface area contributed by atoms with Crippen LogP contribution in [0.25, 0.3) is 11.3 Å². The Hall–Kier alpha value is -2.86. The third-order valence-electron chi connectivity index (χ3n) is 6.39. The van der Waals surface area contributed by atoms with Gasteiger partial charge in [-0.3, -0.25) is 9.48 Å². The van der Waals surface area contributed by atoms with Crippen LogP contribution in [0.4, 0.5) is 0 Å². The Labute approximate surface area is 176 Å². The molecule has 6 heteroatoms. The van der Waals surface area contributed by atoms with Crippen molar-refractivity contribution in [3.63, 3.8) is 0 Å². The van der Waals surface area contributed by atoms with Gasteiger partial charge in [-0.15, -0.1) is 0 Å². The second-order valence-corrected chi connectivity index (χ2v) is 8.48. The fourth-order valence-corrected chi connectivity index (χ4v) is 4.65. The molecule has 1 saturated heterocycles. The van der Waals surface area contributed by atoms with Crippen molar-refractivity contribution in [2.45, 2.75) is 52.1 Å². The first-order valence-electron chi connectivity index (χ1n) is 10.8. The molecule has 1 amide bonds. The number of rotatable bonds is 5. The van der Waals surface area contributed by atoms with E-state index in [0.717, 1.165) is 54.9 Å². The van der Waals surface area contributed by atoms with Crippen LogP contribution >= 0.6 is 0 Å². The molecule has 5 rings (SSSR count). The number of nitrogens with zero attached hydrogens (tertiary/aromatic N) is 2. The first-order chi connectivity index (χ1) is 14.6. The van der Waals surface area contributed by atoms with Crippen LogP contribution in [0.15, 0.2) is 34.9 Å². The fraction of sp³-hybridized carbons (Fsp3) is 0.417. The van der Waals surface area contributed by atoms with Crippen molar-refractivity contribution in [3.05, 3.63) is 64.2 Å². The summed E-state index contributed by atoms with van der Waals surface area (Å²) < 4.78 is 8.05. The second-order valence-electron chi connectivity index (χ2n) is 8.48. The van der Waals surface area contributed by atoms with E-state index in [-0.39, 0.29) is 5.91 Å². The fourth-order valence-electron chi connectivity index (χ4n) is 4.65. The number of furan rings is 1. The minimum Gasteiger partial charge on any atom is -0.455 e. The molecule has 0 radical (unpaired) electrons. The lowest BCUT2D eigenvalue weighted by Gasteiger charge is -2.10. The highest BCUT2D eigenvalue weighted by Crippen LogP contribution is 2.38. The van der Waals surface area contributed by atoms with E-state index < -0.39 is 0 Å². The third kappa shape index (κ3) is 3.45. The molecule has 1 atom stereocenters. The highest BCUT2D eigenvalue weighted by atomic mass is 16.4. The van der Waals surface area contributed by atoms with Crippen molar-refractivity contribution >= 4 is 5.91 Å². The van der Waals surface area contributed by atoms with E-state index in [2.05, 4.69) is 48.0 Å². The summed E-state index contributed by atoms with van der Waals surface area (Å²) >= 11 is 0. The van der Waals surface area contributed by atoms with E-state index in [0.29, 0.717) is 18.3 Å². The van der Waals surface area contributed by atoms with Gasteiger partial charge in [-0.25, -0.2) is 0 Å². The molecule has 1 aliphatic heterocycles. The Morgan fingerprint density at radius 3 is 2.97 bits per heavy atom. The summed E-state index contributed by atoms with van der Waals surface area (Å²) in [7, 11) is 0. The van der Waals surface area contributed by atoms with Crippen LogP contribution < -0.4 is 10.6 Å². The Morgan fingerprint density at radius 2 is 2.17 bits per heavy atom. The number of aryl methyl sites for hydroxylation is 3. The average Bonchev–Trinajstić information content (AvgIpc) is 3.46. The van der Waals surface area contributed by atoms with Crippen molar-refractivity contribution in [1.82, 2.24) is 20.4 Å². The molecule has 0 bridgehead atoms. The molecule has 156 valence electrons. The van der Waals surface area contributed by atoms with Gasteiger partial charge in [0.05, 0.1) is 12.2 Å². The number of hydrogen-bond donors (Lipinski definition) is 2. The molecule has 1 fully saturated rings. The lowest BCUT2D eigenvalue weighted by Crippen LogP contribution is -2.37. The van der Waals surface area contributed by atoms with Gasteiger partial charge in [-0.1, -0.05) is 24.3 Å². The normalized spacial score (nSPS) is 17.6. The molecule has 0 spiro atoms. The zero-order chi connectivity index (χ0) is 20.7. The lowest BCUT2D eigenvalue weighted by molar-refractivity contribution is 0.0920. The Kier molecular flexibility index (Phi) is 4.95. The molecule has 30 heavy (non-hydrogen) atoms. The van der Waals surface area contributed by atoms with Crippen LogP contribution in [-0.4, -0.2) is 34.8 Å². The number of carbonyl (C=O) groups is 1. The van der Waals surface area contributed by atoms with Gasteiger partial charge in [0.15, 0.2) is 5.76 Å². The number of aromatic nitrogens is 2. The minimum atomic E-state index is -0.128. The maximum Gasteiger partial charge on any atom is 0.287 e. The van der Waals surface area contributed by atoms with Crippen molar-refractivity contribution in [1.29, 1.82) is 0 Å². The summed E-state index contributed by atoms with van der Waals surface area (Å²) in [5.41, 5.74) is 6.61. The number of carbonyl (C=O) groups excluding carboxylic acids is 1. The second kappa shape index (κ2) is 7.76. The first kappa shape index (κ1) is 19.1. The van der Waals surface area contributed by atoms with Crippen molar-refractivity contribution in [2.75, 3.05) is 13.1 Å². The monoisotopic (exact) mass is 404 g/mol. The highest BCUT2D eigenvalue weighted by Gasteiger charge is 2.30. The molecule has 2 N–H and O–H groups in total. The Balaban J connectivity index is 1.39. The van der Waals surface area contributed by atoms with Crippen molar-refractivity contribution in [3.8, 4) is 11.3 Å². The van der Waals surface area contributed by atoms with Gasteiger partial charge < -0.3 is 15.1 Å². The van der Waals surface area contributed by atoms with Gasteiger partial charge in [0, 0.05) is 36.3 Å². The predicted molar refractivity (Wildman–Crippen MR) is 116 cm³/mol. The van der Waals surface area contributed by atoms with Crippen molar-refractivity contribution < 1.29 is 9.21 Å². The molecule has 1 aliphatic carbocycles. The first-order valence-corrected chi connectivity index (χ1v) is 10.8. The SMILES string of the molecule is Cc1ccccc1Cn1cc2c(n1)-c1c(oc(C(=O)NCC3CCCN3)c1C)CC2. The summed E-state index contributed by atoms with van der Waals surface area (Å²) in [6.45, 7) is 6.51. The van der Waals surface area contributed by atoms with E-state index in [4.69, 9.17) is 9.52 Å². The molecule has 2 aliphatic rings. The maximum atomic E-state index is 12.8. The van der Waals surface area contributed by atoms with E-state index in [1.807, 2.05) is 11.6 Å².